The van der Waals surface area contributed by atoms with Gasteiger partial charge in [-0.15, -0.1) is 0 Å². The number of hydrogen-bond donors (Lipinski definition) is 4. The molecule has 1 fully saturated rings. The molecular weight excluding hydrogens is 274 g/mol. The molecule has 0 heterocycles. The van der Waals surface area contributed by atoms with Crippen LogP contribution in [0.2, 0.25) is 0 Å². The van der Waals surface area contributed by atoms with Crippen molar-refractivity contribution in [3.05, 3.63) is 35.9 Å². The van der Waals surface area contributed by atoms with E-state index in [1.165, 1.54) is 5.56 Å². The number of nitrogens with one attached hydrogen (secondary N) is 3. The summed E-state index contributed by atoms with van der Waals surface area (Å²) in [6.07, 6.45) is 0.878. The number of rotatable bonds is 6. The lowest BCUT2D eigenvalue weighted by molar-refractivity contribution is -0.137. The third-order valence-corrected chi connectivity index (χ3v) is 3.18. The predicted molar refractivity (Wildman–Crippen MR) is 74.8 cm³/mol. The molecule has 7 heteroatoms. The Balaban J connectivity index is 1.65. The van der Waals surface area contributed by atoms with E-state index in [-0.39, 0.29) is 12.6 Å². The zero-order valence-corrected chi connectivity index (χ0v) is 11.3. The van der Waals surface area contributed by atoms with Gasteiger partial charge in [0.05, 0.1) is 6.54 Å². The van der Waals surface area contributed by atoms with Gasteiger partial charge in [0.2, 0.25) is 5.91 Å². The fourth-order valence-electron chi connectivity index (χ4n) is 2.04. The first kappa shape index (κ1) is 14.8. The molecular formula is C14H17N3O4. The van der Waals surface area contributed by atoms with Crippen LogP contribution < -0.4 is 16.0 Å². The van der Waals surface area contributed by atoms with Gasteiger partial charge >= 0.3 is 12.0 Å². The van der Waals surface area contributed by atoms with Crippen molar-refractivity contribution in [3.63, 3.8) is 0 Å². The summed E-state index contributed by atoms with van der Waals surface area (Å²) in [6.45, 7) is -0.706. The molecule has 1 aliphatic rings. The molecule has 1 saturated carbocycles. The molecule has 7 nitrogen and oxygen atoms in total. The highest BCUT2D eigenvalue weighted by molar-refractivity contribution is 5.86. The summed E-state index contributed by atoms with van der Waals surface area (Å²) in [5.41, 5.74) is 1.18. The highest BCUT2D eigenvalue weighted by Crippen LogP contribution is 2.40. The fraction of sp³-hybridized carbons (Fsp3) is 0.357. The lowest BCUT2D eigenvalue weighted by Gasteiger charge is -2.07. The highest BCUT2D eigenvalue weighted by Gasteiger charge is 2.39. The van der Waals surface area contributed by atoms with Gasteiger partial charge in [0.1, 0.15) is 6.54 Å². The zero-order valence-electron chi connectivity index (χ0n) is 11.3. The summed E-state index contributed by atoms with van der Waals surface area (Å²) in [5.74, 6) is -1.35. The Morgan fingerprint density at radius 2 is 1.81 bits per heavy atom. The van der Waals surface area contributed by atoms with Crippen LogP contribution in [0.1, 0.15) is 17.9 Å². The van der Waals surface area contributed by atoms with Gasteiger partial charge < -0.3 is 21.1 Å². The van der Waals surface area contributed by atoms with E-state index in [0.29, 0.717) is 5.92 Å². The van der Waals surface area contributed by atoms with Gasteiger partial charge in [-0.25, -0.2) is 4.79 Å². The predicted octanol–water partition coefficient (Wildman–Crippen LogP) is 0.0425. The van der Waals surface area contributed by atoms with Crippen LogP contribution in [-0.2, 0) is 9.59 Å². The molecule has 0 bridgehead atoms. The number of carboxylic acids is 1. The summed E-state index contributed by atoms with van der Waals surface area (Å²) in [7, 11) is 0. The summed E-state index contributed by atoms with van der Waals surface area (Å²) in [5, 5.41) is 15.7. The van der Waals surface area contributed by atoms with E-state index < -0.39 is 24.5 Å². The minimum Gasteiger partial charge on any atom is -0.480 e. The molecule has 0 radical (unpaired) electrons. The number of aliphatic carboxylic acids is 1. The molecule has 2 rings (SSSR count). The van der Waals surface area contributed by atoms with Gasteiger partial charge in [0.25, 0.3) is 0 Å². The maximum atomic E-state index is 11.6. The second-order valence-corrected chi connectivity index (χ2v) is 4.86. The lowest BCUT2D eigenvalue weighted by atomic mass is 10.1. The number of amides is 3. The van der Waals surface area contributed by atoms with Gasteiger partial charge in [-0.1, -0.05) is 30.3 Å². The normalized spacial score (nSPS) is 19.4. The van der Waals surface area contributed by atoms with Crippen LogP contribution in [-0.4, -0.2) is 42.1 Å². The number of carbonyl (C=O) groups is 3. The van der Waals surface area contributed by atoms with Crippen molar-refractivity contribution in [2.75, 3.05) is 13.1 Å². The van der Waals surface area contributed by atoms with Crippen LogP contribution in [0.25, 0.3) is 0 Å². The molecule has 2 unspecified atom stereocenters. The van der Waals surface area contributed by atoms with Crippen molar-refractivity contribution in [1.29, 1.82) is 0 Å². The van der Waals surface area contributed by atoms with Crippen LogP contribution in [0.5, 0.6) is 0 Å². The first-order valence-corrected chi connectivity index (χ1v) is 6.64. The zero-order chi connectivity index (χ0) is 15.2. The van der Waals surface area contributed by atoms with Crippen molar-refractivity contribution in [1.82, 2.24) is 16.0 Å². The third-order valence-electron chi connectivity index (χ3n) is 3.18. The molecule has 2 atom stereocenters. The first-order valence-electron chi connectivity index (χ1n) is 6.64. The van der Waals surface area contributed by atoms with Crippen LogP contribution in [0.15, 0.2) is 30.3 Å². The Morgan fingerprint density at radius 1 is 1.10 bits per heavy atom. The number of carboxylic acid groups (broad SMARTS) is 1. The Hall–Kier alpha value is -2.57. The third kappa shape index (κ3) is 4.79. The van der Waals surface area contributed by atoms with Crippen LogP contribution >= 0.6 is 0 Å². The molecule has 112 valence electrons. The van der Waals surface area contributed by atoms with Crippen LogP contribution in [0.3, 0.4) is 0 Å². The molecule has 3 amide bonds. The number of benzene rings is 1. The molecule has 4 N–H and O–H groups in total. The molecule has 1 aromatic rings. The summed E-state index contributed by atoms with van der Waals surface area (Å²) >= 11 is 0. The Bertz CT molecular complexity index is 532. The topological polar surface area (TPSA) is 108 Å². The van der Waals surface area contributed by atoms with Gasteiger partial charge in [0.15, 0.2) is 0 Å². The number of carbonyl (C=O) groups excluding carboxylic acids is 2. The molecule has 0 spiro atoms. The quantitative estimate of drug-likeness (QED) is 0.593. The van der Waals surface area contributed by atoms with E-state index in [1.807, 2.05) is 30.3 Å². The van der Waals surface area contributed by atoms with E-state index in [9.17, 15) is 14.4 Å². The standard InChI is InChI=1S/C14H17N3O4/c18-12(15-8-13(19)20)7-16-14(21)17-11-6-10(11)9-4-2-1-3-5-9/h1-5,10-11H,6-8H2,(H,15,18)(H,19,20)(H2,16,17,21). The smallest absolute Gasteiger partial charge is 0.322 e. The first-order chi connectivity index (χ1) is 10.1. The fourth-order valence-corrected chi connectivity index (χ4v) is 2.04. The Morgan fingerprint density at radius 3 is 2.48 bits per heavy atom. The summed E-state index contributed by atoms with van der Waals surface area (Å²) < 4.78 is 0. The SMILES string of the molecule is O=C(O)CNC(=O)CNC(=O)NC1CC1c1ccccc1. The largest absolute Gasteiger partial charge is 0.480 e. The molecule has 1 aromatic carbocycles. The van der Waals surface area contributed by atoms with Gasteiger partial charge in [-0.2, -0.15) is 0 Å². The summed E-state index contributed by atoms with van der Waals surface area (Å²) in [4.78, 5) is 33.1. The lowest BCUT2D eigenvalue weighted by Crippen LogP contribution is -2.43. The van der Waals surface area contributed by atoms with Crippen molar-refractivity contribution in [3.8, 4) is 0 Å². The monoisotopic (exact) mass is 291 g/mol. The van der Waals surface area contributed by atoms with Crippen molar-refractivity contribution < 1.29 is 19.5 Å². The second kappa shape index (κ2) is 6.74. The van der Waals surface area contributed by atoms with Gasteiger partial charge in [-0.3, -0.25) is 9.59 Å². The highest BCUT2D eigenvalue weighted by atomic mass is 16.4. The number of hydrogen-bond acceptors (Lipinski definition) is 3. The van der Waals surface area contributed by atoms with E-state index in [1.54, 1.807) is 0 Å². The molecule has 0 aliphatic heterocycles. The Kier molecular flexibility index (Phi) is 4.76. The minimum atomic E-state index is -1.13. The van der Waals surface area contributed by atoms with Gasteiger partial charge in [0, 0.05) is 12.0 Å². The Labute approximate surface area is 121 Å². The number of urea groups is 1. The average Bonchev–Trinajstić information content (AvgIpc) is 3.23. The minimum absolute atomic E-state index is 0.0782. The van der Waals surface area contributed by atoms with E-state index in [0.717, 1.165) is 6.42 Å². The van der Waals surface area contributed by atoms with Crippen molar-refractivity contribution in [2.45, 2.75) is 18.4 Å². The van der Waals surface area contributed by atoms with Crippen molar-refractivity contribution >= 4 is 17.9 Å². The second-order valence-electron chi connectivity index (χ2n) is 4.86. The molecule has 1 aliphatic carbocycles. The maximum Gasteiger partial charge on any atom is 0.322 e. The van der Waals surface area contributed by atoms with E-state index in [2.05, 4.69) is 16.0 Å². The van der Waals surface area contributed by atoms with Crippen LogP contribution in [0.4, 0.5) is 4.79 Å². The van der Waals surface area contributed by atoms with Crippen molar-refractivity contribution in [2.24, 2.45) is 0 Å². The van der Waals surface area contributed by atoms with E-state index >= 15 is 0 Å². The molecule has 0 saturated heterocycles. The average molecular weight is 291 g/mol. The van der Waals surface area contributed by atoms with Gasteiger partial charge in [-0.05, 0) is 12.0 Å². The summed E-state index contributed by atoms with van der Waals surface area (Å²) in [6, 6.07) is 9.54. The van der Waals surface area contributed by atoms with E-state index in [4.69, 9.17) is 5.11 Å². The molecule has 21 heavy (non-hydrogen) atoms. The maximum absolute atomic E-state index is 11.6. The van der Waals surface area contributed by atoms with Crippen LogP contribution in [0, 0.1) is 0 Å². The molecule has 0 aromatic heterocycles.